The molecule has 0 unspecified atom stereocenters. The fraction of sp³-hybridized carbons (Fsp3) is 1.00. The Labute approximate surface area is 102 Å². The third-order valence-corrected chi connectivity index (χ3v) is 2.05. The number of hydrogen-bond acceptors (Lipinski definition) is 4. The molecule has 76 valence electrons. The van der Waals surface area contributed by atoms with Crippen molar-refractivity contribution in [3.05, 3.63) is 0 Å². The van der Waals surface area contributed by atoms with Gasteiger partial charge in [-0.05, 0) is 6.92 Å². The molecule has 0 amide bonds. The molecule has 1 aliphatic rings. The van der Waals surface area contributed by atoms with Crippen LogP contribution in [0, 0.1) is 0 Å². The van der Waals surface area contributed by atoms with E-state index in [1.807, 2.05) is 0 Å². The number of piperazine rings is 1. The van der Waals surface area contributed by atoms with Crippen molar-refractivity contribution < 1.29 is 13.0 Å². The Balaban J connectivity index is 0. The molecular weight excluding hydrogens is 203 g/mol. The summed E-state index contributed by atoms with van der Waals surface area (Å²) in [5, 5.41) is 6.44. The molecule has 0 bridgehead atoms. The van der Waals surface area contributed by atoms with Gasteiger partial charge in [0.05, 0.1) is 5.75 Å². The van der Waals surface area contributed by atoms with Gasteiger partial charge in [0.15, 0.2) is 0 Å². The molecule has 7 heteroatoms. The topological polar surface area (TPSA) is 78.4 Å². The molecule has 0 aromatic rings. The zero-order chi connectivity index (χ0) is 9.45. The SMILES string of the molecule is C1CNCCN1.CCS(=O)(=O)O.[NaH]. The molecule has 0 aromatic heterocycles. The van der Waals surface area contributed by atoms with Gasteiger partial charge in [-0.3, -0.25) is 4.55 Å². The molecule has 3 N–H and O–H groups in total. The second-order valence-corrected chi connectivity index (χ2v) is 4.11. The first kappa shape index (κ1) is 16.3. The van der Waals surface area contributed by atoms with E-state index in [2.05, 4.69) is 10.6 Å². The van der Waals surface area contributed by atoms with Crippen LogP contribution in [0.4, 0.5) is 0 Å². The van der Waals surface area contributed by atoms with Crippen LogP contribution in [-0.4, -0.2) is 74.5 Å². The van der Waals surface area contributed by atoms with Gasteiger partial charge in [-0.1, -0.05) is 0 Å². The molecule has 13 heavy (non-hydrogen) atoms. The third-order valence-electron chi connectivity index (χ3n) is 1.32. The van der Waals surface area contributed by atoms with Crippen LogP contribution in [0.1, 0.15) is 6.92 Å². The van der Waals surface area contributed by atoms with Crippen LogP contribution in [0.3, 0.4) is 0 Å². The molecule has 0 atom stereocenters. The quantitative estimate of drug-likeness (QED) is 0.367. The number of rotatable bonds is 1. The Morgan fingerprint density at radius 1 is 1.15 bits per heavy atom. The van der Waals surface area contributed by atoms with E-state index < -0.39 is 10.1 Å². The van der Waals surface area contributed by atoms with Crippen molar-refractivity contribution in [2.24, 2.45) is 0 Å². The molecule has 1 aliphatic heterocycles. The Hall–Kier alpha value is 0.830. The standard InChI is InChI=1S/C4H10N2.C2H6O3S.Na.H/c1-2-6-4-3-5-1;1-2-6(3,4)5;;/h5-6H,1-4H2;2H2,1H3,(H,3,4,5);;. The molecule has 0 aromatic carbocycles. The molecule has 0 radical (unpaired) electrons. The van der Waals surface area contributed by atoms with Gasteiger partial charge in [0, 0.05) is 26.2 Å². The van der Waals surface area contributed by atoms with Gasteiger partial charge in [0.25, 0.3) is 10.1 Å². The van der Waals surface area contributed by atoms with Crippen molar-refractivity contribution in [3.63, 3.8) is 0 Å². The van der Waals surface area contributed by atoms with E-state index in [1.54, 1.807) is 0 Å². The second kappa shape index (κ2) is 9.39. The normalized spacial score (nSPS) is 16.5. The van der Waals surface area contributed by atoms with Gasteiger partial charge in [-0.25, -0.2) is 0 Å². The minimum absolute atomic E-state index is 0. The summed E-state index contributed by atoms with van der Waals surface area (Å²) in [6, 6.07) is 0. The predicted molar refractivity (Wildman–Crippen MR) is 55.0 cm³/mol. The van der Waals surface area contributed by atoms with Gasteiger partial charge in [0.1, 0.15) is 0 Å². The summed E-state index contributed by atoms with van der Waals surface area (Å²) >= 11 is 0. The molecule has 1 saturated heterocycles. The van der Waals surface area contributed by atoms with Crippen LogP contribution < -0.4 is 10.6 Å². The molecule has 0 saturated carbocycles. The summed E-state index contributed by atoms with van der Waals surface area (Å²) in [6.07, 6.45) is 0. The molecule has 1 rings (SSSR count). The van der Waals surface area contributed by atoms with Crippen LogP contribution in [0.25, 0.3) is 0 Å². The van der Waals surface area contributed by atoms with Crippen LogP contribution in [0.2, 0.25) is 0 Å². The van der Waals surface area contributed by atoms with Crippen LogP contribution >= 0.6 is 0 Å². The molecular formula is C6H17N2NaO3S. The van der Waals surface area contributed by atoms with Crippen molar-refractivity contribution in [1.82, 2.24) is 10.6 Å². The van der Waals surface area contributed by atoms with E-state index in [0.717, 1.165) is 26.2 Å². The summed E-state index contributed by atoms with van der Waals surface area (Å²) in [5.74, 6) is -0.201. The number of nitrogens with one attached hydrogen (secondary N) is 2. The summed E-state index contributed by atoms with van der Waals surface area (Å²) in [7, 11) is -3.66. The average Bonchev–Trinajstić information content (AvgIpc) is 2.07. The van der Waals surface area contributed by atoms with Crippen molar-refractivity contribution in [2.75, 3.05) is 31.9 Å². The van der Waals surface area contributed by atoms with Gasteiger partial charge < -0.3 is 10.6 Å². The molecule has 1 fully saturated rings. The first-order valence-electron chi connectivity index (χ1n) is 3.93. The van der Waals surface area contributed by atoms with E-state index in [1.165, 1.54) is 6.92 Å². The fourth-order valence-electron chi connectivity index (χ4n) is 0.604. The monoisotopic (exact) mass is 220 g/mol. The zero-order valence-corrected chi connectivity index (χ0v) is 8.02. The van der Waals surface area contributed by atoms with Gasteiger partial charge >= 0.3 is 29.6 Å². The van der Waals surface area contributed by atoms with Crippen molar-refractivity contribution >= 4 is 39.7 Å². The first-order chi connectivity index (χ1) is 5.56. The fourth-order valence-corrected chi connectivity index (χ4v) is 0.604. The van der Waals surface area contributed by atoms with Crippen LogP contribution in [-0.2, 0) is 10.1 Å². The summed E-state index contributed by atoms with van der Waals surface area (Å²) in [6.45, 7) is 5.93. The Kier molecular flexibility index (Phi) is 11.7. The average molecular weight is 220 g/mol. The molecule has 1 heterocycles. The van der Waals surface area contributed by atoms with Crippen molar-refractivity contribution in [2.45, 2.75) is 6.92 Å². The third kappa shape index (κ3) is 15.6. The molecule has 0 spiro atoms. The maximum atomic E-state index is 9.56. The predicted octanol–water partition coefficient (Wildman–Crippen LogP) is -1.58. The molecule has 5 nitrogen and oxygen atoms in total. The van der Waals surface area contributed by atoms with Gasteiger partial charge in [-0.15, -0.1) is 0 Å². The Morgan fingerprint density at radius 3 is 1.46 bits per heavy atom. The number of hydrogen-bond donors (Lipinski definition) is 3. The molecule has 0 aliphatic carbocycles. The van der Waals surface area contributed by atoms with E-state index >= 15 is 0 Å². The minimum atomic E-state index is -3.66. The van der Waals surface area contributed by atoms with E-state index in [9.17, 15) is 8.42 Å². The van der Waals surface area contributed by atoms with Gasteiger partial charge in [0.2, 0.25) is 0 Å². The Bertz CT molecular complexity index is 181. The summed E-state index contributed by atoms with van der Waals surface area (Å²) in [5.41, 5.74) is 0. The summed E-state index contributed by atoms with van der Waals surface area (Å²) in [4.78, 5) is 0. The second-order valence-electron chi connectivity index (χ2n) is 2.37. The zero-order valence-electron chi connectivity index (χ0n) is 7.21. The van der Waals surface area contributed by atoms with E-state index in [-0.39, 0.29) is 35.3 Å². The summed E-state index contributed by atoms with van der Waals surface area (Å²) < 4.78 is 26.9. The van der Waals surface area contributed by atoms with Crippen molar-refractivity contribution in [1.29, 1.82) is 0 Å². The van der Waals surface area contributed by atoms with E-state index in [0.29, 0.717) is 0 Å². The first-order valence-corrected chi connectivity index (χ1v) is 5.54. The Morgan fingerprint density at radius 2 is 1.38 bits per heavy atom. The van der Waals surface area contributed by atoms with Crippen LogP contribution in [0.5, 0.6) is 0 Å². The van der Waals surface area contributed by atoms with Gasteiger partial charge in [-0.2, -0.15) is 8.42 Å². The van der Waals surface area contributed by atoms with E-state index in [4.69, 9.17) is 4.55 Å². The van der Waals surface area contributed by atoms with Crippen molar-refractivity contribution in [3.8, 4) is 0 Å². The van der Waals surface area contributed by atoms with Crippen LogP contribution in [0.15, 0.2) is 0 Å². The maximum absolute atomic E-state index is 9.56.